The molecular weight excluding hydrogens is 416 g/mol. The number of amides is 1. The summed E-state index contributed by atoms with van der Waals surface area (Å²) in [5, 5.41) is 2.59. The number of carbonyl (C=O) groups is 2. The predicted octanol–water partition coefficient (Wildman–Crippen LogP) is 3.89. The lowest BCUT2D eigenvalue weighted by molar-refractivity contribution is -0.119. The fourth-order valence-corrected chi connectivity index (χ4v) is 2.53. The number of ether oxygens (including phenoxy) is 5. The highest BCUT2D eigenvalue weighted by Gasteiger charge is 2.16. The van der Waals surface area contributed by atoms with E-state index in [9.17, 15) is 18.4 Å². The molecule has 2 rings (SSSR count). The molecule has 0 aliphatic carbocycles. The lowest BCUT2D eigenvalue weighted by atomic mass is 10.2. The van der Waals surface area contributed by atoms with Gasteiger partial charge >= 0.3 is 12.6 Å². The fraction of sp³-hybridized carbons (Fsp3) is 0.333. The number of esters is 1. The highest BCUT2D eigenvalue weighted by atomic mass is 19.3. The number of hydrogen-bond acceptors (Lipinski definition) is 7. The molecule has 0 aliphatic heterocycles. The van der Waals surface area contributed by atoms with Crippen LogP contribution in [0.25, 0.3) is 0 Å². The zero-order valence-corrected chi connectivity index (χ0v) is 17.3. The maximum atomic E-state index is 12.4. The number of benzene rings is 2. The lowest BCUT2D eigenvalue weighted by Gasteiger charge is -2.13. The Morgan fingerprint density at radius 1 is 0.935 bits per heavy atom. The quantitative estimate of drug-likeness (QED) is 0.531. The van der Waals surface area contributed by atoms with Crippen LogP contribution in [-0.4, -0.2) is 45.4 Å². The molecule has 2 aromatic rings. The molecule has 0 spiro atoms. The van der Waals surface area contributed by atoms with Gasteiger partial charge in [0, 0.05) is 11.8 Å². The minimum absolute atomic E-state index is 0.00552. The molecule has 0 fully saturated rings. The van der Waals surface area contributed by atoms with Gasteiger partial charge in [-0.3, -0.25) is 4.79 Å². The Hall–Kier alpha value is -3.56. The minimum atomic E-state index is -3.04. The van der Waals surface area contributed by atoms with E-state index in [1.54, 1.807) is 18.2 Å². The highest BCUT2D eigenvalue weighted by molar-refractivity contribution is 5.96. The van der Waals surface area contributed by atoms with Crippen molar-refractivity contribution in [2.75, 3.05) is 32.2 Å². The van der Waals surface area contributed by atoms with Crippen molar-refractivity contribution in [1.29, 1.82) is 0 Å². The summed E-state index contributed by atoms with van der Waals surface area (Å²) in [6.07, 6.45) is 0. The third-order valence-corrected chi connectivity index (χ3v) is 3.78. The topological polar surface area (TPSA) is 92.3 Å². The summed E-state index contributed by atoms with van der Waals surface area (Å²) in [6, 6.07) is 8.43. The molecule has 0 heterocycles. The molecule has 2 aromatic carbocycles. The number of halogens is 2. The Kier molecular flexibility index (Phi) is 8.86. The van der Waals surface area contributed by atoms with Crippen molar-refractivity contribution in [1.82, 2.24) is 0 Å². The predicted molar refractivity (Wildman–Crippen MR) is 107 cm³/mol. The van der Waals surface area contributed by atoms with Gasteiger partial charge in [0.25, 0.3) is 5.91 Å². The second-order valence-corrected chi connectivity index (χ2v) is 5.90. The zero-order chi connectivity index (χ0) is 22.8. The molecule has 1 N–H and O–H groups in total. The van der Waals surface area contributed by atoms with Crippen LogP contribution < -0.4 is 24.3 Å². The molecule has 0 aliphatic rings. The Balaban J connectivity index is 1.98. The Labute approximate surface area is 178 Å². The van der Waals surface area contributed by atoms with Crippen molar-refractivity contribution in [2.45, 2.75) is 20.5 Å². The van der Waals surface area contributed by atoms with E-state index in [1.807, 2.05) is 13.8 Å². The molecule has 1 amide bonds. The summed E-state index contributed by atoms with van der Waals surface area (Å²) in [4.78, 5) is 24.3. The number of rotatable bonds is 11. The first-order valence-electron chi connectivity index (χ1n) is 9.37. The van der Waals surface area contributed by atoms with E-state index < -0.39 is 25.1 Å². The van der Waals surface area contributed by atoms with E-state index in [4.69, 9.17) is 18.9 Å². The van der Waals surface area contributed by atoms with Crippen LogP contribution in [0.15, 0.2) is 36.4 Å². The van der Waals surface area contributed by atoms with Crippen LogP contribution in [-0.2, 0) is 9.53 Å². The average molecular weight is 439 g/mol. The molecule has 0 bridgehead atoms. The van der Waals surface area contributed by atoms with Gasteiger partial charge in [0.2, 0.25) is 0 Å². The van der Waals surface area contributed by atoms with Crippen molar-refractivity contribution in [3.05, 3.63) is 42.0 Å². The summed E-state index contributed by atoms with van der Waals surface area (Å²) in [5.74, 6) is -0.702. The van der Waals surface area contributed by atoms with Gasteiger partial charge in [-0.05, 0) is 44.2 Å². The van der Waals surface area contributed by atoms with Crippen LogP contribution in [0.2, 0.25) is 0 Å². The summed E-state index contributed by atoms with van der Waals surface area (Å²) in [6.45, 7) is 0.937. The maximum Gasteiger partial charge on any atom is 0.387 e. The Morgan fingerprint density at radius 2 is 1.61 bits per heavy atom. The number of nitrogens with one attached hydrogen (secondary N) is 1. The number of methoxy groups -OCH3 is 1. The molecular formula is C21H23F2NO7. The van der Waals surface area contributed by atoms with Crippen LogP contribution in [0, 0.1) is 0 Å². The average Bonchev–Trinajstić information content (AvgIpc) is 2.74. The number of carbonyl (C=O) groups excluding carboxylic acids is 2. The van der Waals surface area contributed by atoms with Crippen molar-refractivity contribution in [2.24, 2.45) is 0 Å². The minimum Gasteiger partial charge on any atom is -0.493 e. The van der Waals surface area contributed by atoms with Gasteiger partial charge in [-0.25, -0.2) is 4.79 Å². The third kappa shape index (κ3) is 7.02. The summed E-state index contributed by atoms with van der Waals surface area (Å²) in [7, 11) is 1.24. The molecule has 10 heteroatoms. The molecule has 0 atom stereocenters. The summed E-state index contributed by atoms with van der Waals surface area (Å²) >= 11 is 0. The van der Waals surface area contributed by atoms with E-state index in [2.05, 4.69) is 10.1 Å². The van der Waals surface area contributed by atoms with Crippen molar-refractivity contribution in [3.8, 4) is 23.0 Å². The fourth-order valence-electron chi connectivity index (χ4n) is 2.53. The lowest BCUT2D eigenvalue weighted by Crippen LogP contribution is -2.21. The molecule has 0 aromatic heterocycles. The van der Waals surface area contributed by atoms with Gasteiger partial charge < -0.3 is 29.0 Å². The largest absolute Gasteiger partial charge is 0.493 e. The zero-order valence-electron chi connectivity index (χ0n) is 17.3. The van der Waals surface area contributed by atoms with Crippen molar-refractivity contribution in [3.63, 3.8) is 0 Å². The van der Waals surface area contributed by atoms with Crippen molar-refractivity contribution < 1.29 is 42.1 Å². The van der Waals surface area contributed by atoms with Gasteiger partial charge in [-0.15, -0.1) is 0 Å². The SMILES string of the molecule is CCOc1ccc(NC(=O)COC(=O)c2ccc(OC(F)F)c(OC)c2)cc1OCC. The first-order valence-corrected chi connectivity index (χ1v) is 9.37. The maximum absolute atomic E-state index is 12.4. The van der Waals surface area contributed by atoms with Crippen LogP contribution in [0.1, 0.15) is 24.2 Å². The van der Waals surface area contributed by atoms with Crippen LogP contribution in [0.5, 0.6) is 23.0 Å². The second kappa shape index (κ2) is 11.6. The van der Waals surface area contributed by atoms with E-state index in [0.717, 1.165) is 6.07 Å². The van der Waals surface area contributed by atoms with Gasteiger partial charge in [-0.1, -0.05) is 0 Å². The van der Waals surface area contributed by atoms with Crippen molar-refractivity contribution >= 4 is 17.6 Å². The Bertz CT molecular complexity index is 905. The molecule has 0 radical (unpaired) electrons. The first-order chi connectivity index (χ1) is 14.9. The molecule has 0 saturated heterocycles. The normalized spacial score (nSPS) is 10.4. The molecule has 168 valence electrons. The molecule has 8 nitrogen and oxygen atoms in total. The van der Waals surface area contributed by atoms with Crippen LogP contribution >= 0.6 is 0 Å². The monoisotopic (exact) mass is 439 g/mol. The van der Waals surface area contributed by atoms with E-state index in [1.165, 1.54) is 19.2 Å². The summed E-state index contributed by atoms with van der Waals surface area (Å²) in [5.41, 5.74) is 0.439. The standard InChI is InChI=1S/C21H23F2NO7/c1-4-28-15-9-7-14(11-18(15)29-5-2)24-19(25)12-30-20(26)13-6-8-16(31-21(22)23)17(10-13)27-3/h6-11,21H,4-5,12H2,1-3H3,(H,24,25). The van der Waals surface area contributed by atoms with E-state index in [0.29, 0.717) is 30.4 Å². The molecule has 0 saturated carbocycles. The van der Waals surface area contributed by atoms with E-state index >= 15 is 0 Å². The smallest absolute Gasteiger partial charge is 0.387 e. The van der Waals surface area contributed by atoms with Crippen LogP contribution in [0.3, 0.4) is 0 Å². The molecule has 0 unspecified atom stereocenters. The summed E-state index contributed by atoms with van der Waals surface area (Å²) < 4.78 is 49.9. The van der Waals surface area contributed by atoms with Gasteiger partial charge in [0.05, 0.1) is 25.9 Å². The van der Waals surface area contributed by atoms with Gasteiger partial charge in [0.15, 0.2) is 29.6 Å². The van der Waals surface area contributed by atoms with Gasteiger partial charge in [0.1, 0.15) is 0 Å². The number of hydrogen-bond donors (Lipinski definition) is 1. The Morgan fingerprint density at radius 3 is 2.26 bits per heavy atom. The third-order valence-electron chi connectivity index (χ3n) is 3.78. The number of anilines is 1. The second-order valence-electron chi connectivity index (χ2n) is 5.90. The highest BCUT2D eigenvalue weighted by Crippen LogP contribution is 2.31. The molecule has 31 heavy (non-hydrogen) atoms. The van der Waals surface area contributed by atoms with E-state index in [-0.39, 0.29) is 17.1 Å². The number of alkyl halides is 2. The first kappa shape index (κ1) is 23.7. The van der Waals surface area contributed by atoms with Crippen LogP contribution in [0.4, 0.5) is 14.5 Å². The van der Waals surface area contributed by atoms with Gasteiger partial charge in [-0.2, -0.15) is 8.78 Å².